The van der Waals surface area contributed by atoms with Gasteiger partial charge in [0, 0.05) is 12.8 Å². The standard InChI is InChI=1S/C65H125NO5/c1-3-5-7-9-11-13-15-17-19-30-33-37-41-45-49-53-57-63(68)62(61-67)66-64(69)58-54-50-46-42-38-34-31-27-25-23-21-20-22-24-26-28-32-36-40-44-48-52-56-60-71-65(70)59-55-51-47-43-39-35-29-18-16-14-12-10-8-6-4-2/h20,22-23,25,62-63,67-68H,3-19,21,24,26-61H2,1-2H3,(H,66,69)/b22-20-,25-23-. The molecule has 0 aliphatic heterocycles. The molecule has 2 unspecified atom stereocenters. The zero-order valence-electron chi connectivity index (χ0n) is 48.0. The Bertz CT molecular complexity index is 1110. The van der Waals surface area contributed by atoms with Crippen LogP contribution in [0.2, 0.25) is 0 Å². The molecular formula is C65H125NO5. The third kappa shape index (κ3) is 57.5. The van der Waals surface area contributed by atoms with Crippen LogP contribution in [0.5, 0.6) is 0 Å². The smallest absolute Gasteiger partial charge is 0.305 e. The van der Waals surface area contributed by atoms with Gasteiger partial charge >= 0.3 is 5.97 Å². The second kappa shape index (κ2) is 60.9. The van der Waals surface area contributed by atoms with E-state index in [0.29, 0.717) is 25.9 Å². The Hall–Kier alpha value is -1.66. The number of rotatable bonds is 60. The molecular weight excluding hydrogens is 875 g/mol. The molecule has 0 bridgehead atoms. The molecule has 6 nitrogen and oxygen atoms in total. The minimum atomic E-state index is -0.671. The maximum absolute atomic E-state index is 12.5. The summed E-state index contributed by atoms with van der Waals surface area (Å²) in [7, 11) is 0. The van der Waals surface area contributed by atoms with Crippen LogP contribution in [0.4, 0.5) is 0 Å². The molecule has 0 rings (SSSR count). The summed E-state index contributed by atoms with van der Waals surface area (Å²) in [6, 6.07) is -0.549. The first-order valence-corrected chi connectivity index (χ1v) is 32.1. The normalized spacial score (nSPS) is 12.7. The number of unbranched alkanes of at least 4 members (excludes halogenated alkanes) is 45. The fourth-order valence-corrected chi connectivity index (χ4v) is 10.1. The van der Waals surface area contributed by atoms with E-state index in [1.165, 1.54) is 276 Å². The van der Waals surface area contributed by atoms with Crippen molar-refractivity contribution in [1.82, 2.24) is 5.32 Å². The van der Waals surface area contributed by atoms with E-state index in [4.69, 9.17) is 4.74 Å². The summed E-state index contributed by atoms with van der Waals surface area (Å²) >= 11 is 0. The lowest BCUT2D eigenvalue weighted by Crippen LogP contribution is -2.45. The summed E-state index contributed by atoms with van der Waals surface area (Å²) < 4.78 is 5.49. The maximum atomic E-state index is 12.5. The van der Waals surface area contributed by atoms with Gasteiger partial charge in [-0.2, -0.15) is 0 Å². The molecule has 0 saturated heterocycles. The van der Waals surface area contributed by atoms with Crippen molar-refractivity contribution in [2.24, 2.45) is 0 Å². The predicted octanol–water partition coefficient (Wildman–Crippen LogP) is 20.2. The van der Waals surface area contributed by atoms with Crippen LogP contribution in [0.1, 0.15) is 354 Å². The molecule has 0 fully saturated rings. The van der Waals surface area contributed by atoms with E-state index in [0.717, 1.165) is 44.9 Å². The quantitative estimate of drug-likeness (QED) is 0.0320. The van der Waals surface area contributed by atoms with Crippen LogP contribution in [-0.2, 0) is 14.3 Å². The van der Waals surface area contributed by atoms with Gasteiger partial charge in [0.15, 0.2) is 0 Å². The van der Waals surface area contributed by atoms with Gasteiger partial charge in [-0.05, 0) is 57.8 Å². The third-order valence-corrected chi connectivity index (χ3v) is 15.0. The molecule has 0 heterocycles. The summed E-state index contributed by atoms with van der Waals surface area (Å²) in [5.41, 5.74) is 0. The van der Waals surface area contributed by atoms with E-state index in [1.54, 1.807) is 0 Å². The number of allylic oxidation sites excluding steroid dienone is 4. The van der Waals surface area contributed by atoms with E-state index in [1.807, 2.05) is 0 Å². The summed E-state index contributed by atoms with van der Waals surface area (Å²) in [6.45, 7) is 4.97. The van der Waals surface area contributed by atoms with Gasteiger partial charge in [0.05, 0.1) is 25.4 Å². The highest BCUT2D eigenvalue weighted by Gasteiger charge is 2.20. The van der Waals surface area contributed by atoms with Crippen molar-refractivity contribution in [2.75, 3.05) is 13.2 Å². The van der Waals surface area contributed by atoms with Gasteiger partial charge in [0.1, 0.15) is 0 Å². The lowest BCUT2D eigenvalue weighted by Gasteiger charge is -2.22. The topological polar surface area (TPSA) is 95.9 Å². The van der Waals surface area contributed by atoms with E-state index >= 15 is 0 Å². The maximum Gasteiger partial charge on any atom is 0.305 e. The lowest BCUT2D eigenvalue weighted by molar-refractivity contribution is -0.143. The Balaban J connectivity index is 3.43. The van der Waals surface area contributed by atoms with Crippen molar-refractivity contribution < 1.29 is 24.5 Å². The van der Waals surface area contributed by atoms with Gasteiger partial charge in [0.2, 0.25) is 5.91 Å². The number of aliphatic hydroxyl groups is 2. The number of hydrogen-bond donors (Lipinski definition) is 3. The summed E-state index contributed by atoms with van der Waals surface area (Å²) in [5, 5.41) is 23.3. The van der Waals surface area contributed by atoms with Crippen molar-refractivity contribution in [3.63, 3.8) is 0 Å². The Labute approximate surface area is 443 Å². The van der Waals surface area contributed by atoms with Crippen LogP contribution in [0.25, 0.3) is 0 Å². The molecule has 0 radical (unpaired) electrons. The molecule has 0 spiro atoms. The van der Waals surface area contributed by atoms with Crippen molar-refractivity contribution in [3.05, 3.63) is 24.3 Å². The minimum absolute atomic E-state index is 0.0105. The molecule has 0 aromatic rings. The van der Waals surface area contributed by atoms with Crippen molar-refractivity contribution in [3.8, 4) is 0 Å². The summed E-state index contributed by atoms with van der Waals surface area (Å²) in [6.07, 6.45) is 74.8. The Morgan fingerprint density at radius 2 is 0.704 bits per heavy atom. The van der Waals surface area contributed by atoms with Gasteiger partial charge < -0.3 is 20.3 Å². The number of esters is 1. The fourth-order valence-electron chi connectivity index (χ4n) is 10.1. The molecule has 3 N–H and O–H groups in total. The van der Waals surface area contributed by atoms with Gasteiger partial charge in [0.25, 0.3) is 0 Å². The van der Waals surface area contributed by atoms with Gasteiger partial charge in [-0.15, -0.1) is 0 Å². The molecule has 0 aromatic carbocycles. The lowest BCUT2D eigenvalue weighted by atomic mass is 10.0. The zero-order chi connectivity index (χ0) is 51.4. The number of hydrogen-bond acceptors (Lipinski definition) is 5. The number of carbonyl (C=O) groups excluding carboxylic acids is 2. The van der Waals surface area contributed by atoms with E-state index in [9.17, 15) is 19.8 Å². The Kier molecular flexibility index (Phi) is 59.5. The fraction of sp³-hybridized carbons (Fsp3) is 0.908. The number of aliphatic hydroxyl groups excluding tert-OH is 2. The second-order valence-corrected chi connectivity index (χ2v) is 22.1. The highest BCUT2D eigenvalue weighted by atomic mass is 16.5. The number of nitrogens with one attached hydrogen (secondary N) is 1. The zero-order valence-corrected chi connectivity index (χ0v) is 48.0. The average molecular weight is 1000 g/mol. The molecule has 0 aromatic heterocycles. The third-order valence-electron chi connectivity index (χ3n) is 15.0. The van der Waals surface area contributed by atoms with E-state index in [-0.39, 0.29) is 18.5 Å². The molecule has 2 atom stereocenters. The predicted molar refractivity (Wildman–Crippen MR) is 310 cm³/mol. The van der Waals surface area contributed by atoms with E-state index in [2.05, 4.69) is 43.5 Å². The number of carbonyl (C=O) groups is 2. The average Bonchev–Trinajstić information content (AvgIpc) is 3.37. The number of amides is 1. The molecule has 420 valence electrons. The first-order valence-electron chi connectivity index (χ1n) is 32.1. The van der Waals surface area contributed by atoms with Gasteiger partial charge in [-0.1, -0.05) is 308 Å². The van der Waals surface area contributed by atoms with E-state index < -0.39 is 12.1 Å². The van der Waals surface area contributed by atoms with Crippen LogP contribution < -0.4 is 5.32 Å². The van der Waals surface area contributed by atoms with Crippen LogP contribution >= 0.6 is 0 Å². The largest absolute Gasteiger partial charge is 0.466 e. The monoisotopic (exact) mass is 1000 g/mol. The highest BCUT2D eigenvalue weighted by Crippen LogP contribution is 2.18. The van der Waals surface area contributed by atoms with Crippen LogP contribution in [0.15, 0.2) is 24.3 Å². The molecule has 0 aliphatic carbocycles. The highest BCUT2D eigenvalue weighted by molar-refractivity contribution is 5.76. The Morgan fingerprint density at radius 3 is 1.07 bits per heavy atom. The SMILES string of the molecule is CCCCCCCCCCCCCCCCCCC(O)C(CO)NC(=O)CCCCCCCCC/C=C\C/C=C\CCCCCCCCCCCOC(=O)CCCCCCCCCCCCCCCCC. The van der Waals surface area contributed by atoms with Crippen LogP contribution in [-0.4, -0.2) is 47.4 Å². The molecule has 1 amide bonds. The minimum Gasteiger partial charge on any atom is -0.466 e. The molecule has 0 saturated carbocycles. The van der Waals surface area contributed by atoms with Gasteiger partial charge in [-0.3, -0.25) is 9.59 Å². The Morgan fingerprint density at radius 1 is 0.394 bits per heavy atom. The van der Waals surface area contributed by atoms with Crippen LogP contribution in [0, 0.1) is 0 Å². The number of ether oxygens (including phenoxy) is 1. The first-order chi connectivity index (χ1) is 35.0. The van der Waals surface area contributed by atoms with Crippen LogP contribution in [0.3, 0.4) is 0 Å². The molecule has 6 heteroatoms. The van der Waals surface area contributed by atoms with Gasteiger partial charge in [-0.25, -0.2) is 0 Å². The van der Waals surface area contributed by atoms with Crippen molar-refractivity contribution in [2.45, 2.75) is 366 Å². The summed E-state index contributed by atoms with van der Waals surface area (Å²) in [4.78, 5) is 24.6. The first kappa shape index (κ1) is 69.3. The molecule has 71 heavy (non-hydrogen) atoms. The molecule has 0 aliphatic rings. The van der Waals surface area contributed by atoms with Crippen molar-refractivity contribution >= 4 is 11.9 Å². The summed E-state index contributed by atoms with van der Waals surface area (Å²) in [5.74, 6) is -0.0326. The van der Waals surface area contributed by atoms with Crippen molar-refractivity contribution in [1.29, 1.82) is 0 Å². The second-order valence-electron chi connectivity index (χ2n) is 22.1.